The average Bonchev–Trinajstić information content (AvgIpc) is 2.59. The first-order chi connectivity index (χ1) is 12.9. The van der Waals surface area contributed by atoms with Crippen molar-refractivity contribution in [1.82, 2.24) is 0 Å². The van der Waals surface area contributed by atoms with Gasteiger partial charge in [-0.15, -0.1) is 0 Å². The summed E-state index contributed by atoms with van der Waals surface area (Å²) in [6, 6.07) is 10.5. The molecule has 0 radical (unpaired) electrons. The highest BCUT2D eigenvalue weighted by atomic mass is 16.5. The molecule has 0 saturated carbocycles. The molecule has 0 aliphatic rings. The van der Waals surface area contributed by atoms with Gasteiger partial charge in [0.15, 0.2) is 5.43 Å². The number of aromatic hydroxyl groups is 1. The fourth-order valence-electron chi connectivity index (χ4n) is 3.32. The molecule has 0 saturated heterocycles. The Morgan fingerprint density at radius 3 is 1.96 bits per heavy atom. The van der Waals surface area contributed by atoms with Crippen LogP contribution in [-0.2, 0) is 10.8 Å². The van der Waals surface area contributed by atoms with E-state index in [0.29, 0.717) is 28.2 Å². The van der Waals surface area contributed by atoms with Crippen LogP contribution >= 0.6 is 0 Å². The van der Waals surface area contributed by atoms with Gasteiger partial charge in [0, 0.05) is 28.8 Å². The molecular formula is C24H28O4. The summed E-state index contributed by atoms with van der Waals surface area (Å²) in [4.78, 5) is 12.7. The van der Waals surface area contributed by atoms with Crippen molar-refractivity contribution >= 4 is 11.0 Å². The molecule has 28 heavy (non-hydrogen) atoms. The highest BCUT2D eigenvalue weighted by Crippen LogP contribution is 2.42. The summed E-state index contributed by atoms with van der Waals surface area (Å²) in [6.45, 7) is 12.3. The summed E-state index contributed by atoms with van der Waals surface area (Å²) in [5, 5.41) is 11.4. The molecule has 0 bridgehead atoms. The van der Waals surface area contributed by atoms with Crippen molar-refractivity contribution in [3.05, 3.63) is 57.7 Å². The lowest BCUT2D eigenvalue weighted by Gasteiger charge is -2.28. The van der Waals surface area contributed by atoms with Crippen molar-refractivity contribution in [2.45, 2.75) is 52.4 Å². The molecule has 148 valence electrons. The maximum atomic E-state index is 12.7. The second-order valence-electron chi connectivity index (χ2n) is 9.26. The van der Waals surface area contributed by atoms with Gasteiger partial charge in [-0.2, -0.15) is 0 Å². The van der Waals surface area contributed by atoms with Crippen LogP contribution in [0.2, 0.25) is 0 Å². The van der Waals surface area contributed by atoms with Gasteiger partial charge in [-0.3, -0.25) is 4.79 Å². The first kappa shape index (κ1) is 20.0. The number of methoxy groups -OCH3 is 1. The van der Waals surface area contributed by atoms with Crippen molar-refractivity contribution in [3.63, 3.8) is 0 Å². The molecule has 0 spiro atoms. The fourth-order valence-corrected chi connectivity index (χ4v) is 3.32. The summed E-state index contributed by atoms with van der Waals surface area (Å²) >= 11 is 0. The molecule has 4 nitrogen and oxygen atoms in total. The minimum atomic E-state index is -0.263. The molecule has 0 aliphatic carbocycles. The maximum absolute atomic E-state index is 12.7. The van der Waals surface area contributed by atoms with Gasteiger partial charge in [0.25, 0.3) is 0 Å². The van der Waals surface area contributed by atoms with Crippen LogP contribution in [-0.4, -0.2) is 12.2 Å². The largest absolute Gasteiger partial charge is 0.507 e. The van der Waals surface area contributed by atoms with Crippen LogP contribution < -0.4 is 10.2 Å². The van der Waals surface area contributed by atoms with Crippen LogP contribution in [0.3, 0.4) is 0 Å². The Hall–Kier alpha value is -2.75. The van der Waals surface area contributed by atoms with E-state index in [1.54, 1.807) is 25.3 Å². The van der Waals surface area contributed by atoms with Gasteiger partial charge < -0.3 is 14.3 Å². The van der Waals surface area contributed by atoms with Gasteiger partial charge in [-0.1, -0.05) is 41.5 Å². The smallest absolute Gasteiger partial charge is 0.193 e. The number of hydrogen-bond donors (Lipinski definition) is 1. The number of ether oxygens (including phenoxy) is 1. The van der Waals surface area contributed by atoms with Gasteiger partial charge >= 0.3 is 0 Å². The van der Waals surface area contributed by atoms with Crippen molar-refractivity contribution < 1.29 is 14.3 Å². The van der Waals surface area contributed by atoms with E-state index in [4.69, 9.17) is 9.15 Å². The molecule has 1 heterocycles. The maximum Gasteiger partial charge on any atom is 0.193 e. The van der Waals surface area contributed by atoms with Gasteiger partial charge in [0.05, 0.1) is 12.5 Å². The minimum Gasteiger partial charge on any atom is -0.507 e. The SMILES string of the molecule is COc1ccc2c(=O)cc(-c3cc(C(C)(C)C)c(O)c(C(C)(C)C)c3)oc2c1. The molecule has 0 aliphatic heterocycles. The molecule has 1 aromatic heterocycles. The van der Waals surface area contributed by atoms with E-state index in [2.05, 4.69) is 41.5 Å². The first-order valence-corrected chi connectivity index (χ1v) is 9.42. The highest BCUT2D eigenvalue weighted by Gasteiger charge is 2.27. The van der Waals surface area contributed by atoms with E-state index >= 15 is 0 Å². The number of phenolic OH excluding ortho intramolecular Hbond substituents is 1. The number of phenols is 1. The third-order valence-electron chi connectivity index (χ3n) is 4.95. The number of hydrogen-bond acceptors (Lipinski definition) is 4. The number of fused-ring (bicyclic) bond motifs is 1. The molecule has 1 N–H and O–H groups in total. The number of rotatable bonds is 2. The van der Waals surface area contributed by atoms with Crippen molar-refractivity contribution in [2.24, 2.45) is 0 Å². The van der Waals surface area contributed by atoms with Crippen LogP contribution in [0.15, 0.2) is 45.6 Å². The van der Waals surface area contributed by atoms with Crippen LogP contribution in [0.4, 0.5) is 0 Å². The highest BCUT2D eigenvalue weighted by molar-refractivity contribution is 5.80. The van der Waals surface area contributed by atoms with E-state index < -0.39 is 0 Å². The predicted octanol–water partition coefficient (Wildman–Crippen LogP) is 5.77. The first-order valence-electron chi connectivity index (χ1n) is 9.42. The summed E-state index contributed by atoms with van der Waals surface area (Å²) in [5.74, 6) is 1.40. The number of benzene rings is 2. The van der Waals surface area contributed by atoms with Gasteiger partial charge in [-0.25, -0.2) is 0 Å². The van der Waals surface area contributed by atoms with Crippen LogP contribution in [0.1, 0.15) is 52.7 Å². The fraction of sp³-hybridized carbons (Fsp3) is 0.375. The van der Waals surface area contributed by atoms with Crippen molar-refractivity contribution in [2.75, 3.05) is 7.11 Å². The summed E-state index contributed by atoms with van der Waals surface area (Å²) < 4.78 is 11.3. The Morgan fingerprint density at radius 1 is 0.893 bits per heavy atom. The van der Waals surface area contributed by atoms with Crippen LogP contribution in [0.25, 0.3) is 22.3 Å². The lowest BCUT2D eigenvalue weighted by molar-refractivity contribution is 0.414. The molecule has 2 aromatic carbocycles. The quantitative estimate of drug-likeness (QED) is 0.613. The standard InChI is InChI=1S/C24H28O4/c1-23(2,3)17-10-14(11-18(22(17)26)24(4,5)6)20-13-19(25)16-9-8-15(27-7)12-21(16)28-20/h8-13,26H,1-7H3. The van der Waals surface area contributed by atoms with E-state index in [9.17, 15) is 9.90 Å². The third kappa shape index (κ3) is 3.64. The summed E-state index contributed by atoms with van der Waals surface area (Å²) in [5.41, 5.74) is 2.26. The zero-order valence-electron chi connectivity index (χ0n) is 17.6. The van der Waals surface area contributed by atoms with E-state index in [1.807, 2.05) is 12.1 Å². The molecule has 0 unspecified atom stereocenters. The van der Waals surface area contributed by atoms with Gasteiger partial charge in [-0.05, 0) is 35.1 Å². The van der Waals surface area contributed by atoms with Crippen LogP contribution in [0, 0.1) is 0 Å². The lowest BCUT2D eigenvalue weighted by atomic mass is 9.78. The Morgan fingerprint density at radius 2 is 1.46 bits per heavy atom. The summed E-state index contributed by atoms with van der Waals surface area (Å²) in [6.07, 6.45) is 0. The normalized spacial score (nSPS) is 12.4. The average molecular weight is 380 g/mol. The third-order valence-corrected chi connectivity index (χ3v) is 4.95. The lowest BCUT2D eigenvalue weighted by Crippen LogP contribution is -2.17. The van der Waals surface area contributed by atoms with E-state index in [1.165, 1.54) is 6.07 Å². The Kier molecular flexibility index (Phi) is 4.78. The monoisotopic (exact) mass is 380 g/mol. The topological polar surface area (TPSA) is 59.7 Å². The second kappa shape index (κ2) is 6.69. The molecule has 4 heteroatoms. The zero-order valence-corrected chi connectivity index (χ0v) is 17.6. The zero-order chi connectivity index (χ0) is 20.9. The Bertz CT molecular complexity index is 1060. The van der Waals surface area contributed by atoms with Crippen molar-refractivity contribution in [1.29, 1.82) is 0 Å². The Balaban J connectivity index is 2.33. The van der Waals surface area contributed by atoms with E-state index in [-0.39, 0.29) is 16.3 Å². The molecule has 0 atom stereocenters. The van der Waals surface area contributed by atoms with Gasteiger partial charge in [0.2, 0.25) is 0 Å². The Labute approximate surface area is 165 Å². The molecule has 3 aromatic rings. The second-order valence-corrected chi connectivity index (χ2v) is 9.26. The van der Waals surface area contributed by atoms with Crippen LogP contribution in [0.5, 0.6) is 11.5 Å². The van der Waals surface area contributed by atoms with Crippen molar-refractivity contribution in [3.8, 4) is 22.8 Å². The predicted molar refractivity (Wildman–Crippen MR) is 114 cm³/mol. The minimum absolute atomic E-state index is 0.110. The van der Waals surface area contributed by atoms with Gasteiger partial charge in [0.1, 0.15) is 22.8 Å². The molecule has 0 fully saturated rings. The van der Waals surface area contributed by atoms with E-state index in [0.717, 1.165) is 16.7 Å². The molecule has 3 rings (SSSR count). The molecule has 0 amide bonds. The summed E-state index contributed by atoms with van der Waals surface area (Å²) in [7, 11) is 1.58. The molecular weight excluding hydrogens is 352 g/mol.